The predicted molar refractivity (Wildman–Crippen MR) is 87.4 cm³/mol. The second kappa shape index (κ2) is 7.77. The van der Waals surface area contributed by atoms with Gasteiger partial charge in [-0.3, -0.25) is 9.59 Å². The molecule has 0 radical (unpaired) electrons. The van der Waals surface area contributed by atoms with E-state index in [9.17, 15) is 9.59 Å². The standard InChI is InChI=1S/C17H29N3O2/c1-4-16(21)19-9-5-14(6-10-19)13-17(22)20-11-7-15(8-12-20)18(2)3/h4,14-15H,1,5-13H2,2-3H3. The maximum absolute atomic E-state index is 12.4. The molecule has 2 aliphatic rings. The van der Waals surface area contributed by atoms with Crippen LogP contribution in [0.3, 0.4) is 0 Å². The van der Waals surface area contributed by atoms with E-state index in [2.05, 4.69) is 25.6 Å². The van der Waals surface area contributed by atoms with Crippen LogP contribution in [0.5, 0.6) is 0 Å². The van der Waals surface area contributed by atoms with Gasteiger partial charge in [-0.15, -0.1) is 0 Å². The number of hydrogen-bond donors (Lipinski definition) is 0. The summed E-state index contributed by atoms with van der Waals surface area (Å²) in [6.07, 6.45) is 6.03. The van der Waals surface area contributed by atoms with Crippen LogP contribution in [-0.4, -0.2) is 72.8 Å². The van der Waals surface area contributed by atoms with Gasteiger partial charge in [0.25, 0.3) is 0 Å². The molecule has 2 fully saturated rings. The molecule has 2 rings (SSSR count). The first-order valence-electron chi connectivity index (χ1n) is 8.36. The summed E-state index contributed by atoms with van der Waals surface area (Å²) in [5.41, 5.74) is 0. The molecule has 0 spiro atoms. The molecule has 0 aromatic rings. The highest BCUT2D eigenvalue weighted by molar-refractivity contribution is 5.87. The summed E-state index contributed by atoms with van der Waals surface area (Å²) >= 11 is 0. The summed E-state index contributed by atoms with van der Waals surface area (Å²) in [6, 6.07) is 0.609. The van der Waals surface area contributed by atoms with Crippen LogP contribution in [0.4, 0.5) is 0 Å². The molecular weight excluding hydrogens is 278 g/mol. The third-order valence-electron chi connectivity index (χ3n) is 5.11. The normalized spacial score (nSPS) is 21.2. The molecule has 22 heavy (non-hydrogen) atoms. The quantitative estimate of drug-likeness (QED) is 0.737. The fraction of sp³-hybridized carbons (Fsp3) is 0.765. The Labute approximate surface area is 133 Å². The molecule has 2 aliphatic heterocycles. The maximum Gasteiger partial charge on any atom is 0.245 e. The Hall–Kier alpha value is -1.36. The number of piperidine rings is 2. The zero-order valence-corrected chi connectivity index (χ0v) is 14.0. The van der Waals surface area contributed by atoms with E-state index in [4.69, 9.17) is 0 Å². The topological polar surface area (TPSA) is 43.9 Å². The number of nitrogens with zero attached hydrogens (tertiary/aromatic N) is 3. The molecule has 0 N–H and O–H groups in total. The molecule has 0 atom stereocenters. The minimum Gasteiger partial charge on any atom is -0.343 e. The minimum absolute atomic E-state index is 0.00975. The number of rotatable bonds is 4. The van der Waals surface area contributed by atoms with Gasteiger partial charge in [0.05, 0.1) is 0 Å². The average Bonchev–Trinajstić information content (AvgIpc) is 2.54. The Morgan fingerprint density at radius 3 is 2.09 bits per heavy atom. The second-order valence-electron chi connectivity index (χ2n) is 6.75. The maximum atomic E-state index is 12.4. The zero-order valence-electron chi connectivity index (χ0n) is 14.0. The molecule has 0 aliphatic carbocycles. The van der Waals surface area contributed by atoms with Gasteiger partial charge < -0.3 is 14.7 Å². The number of carbonyl (C=O) groups excluding carboxylic acids is 2. The van der Waals surface area contributed by atoms with Crippen LogP contribution in [0.25, 0.3) is 0 Å². The van der Waals surface area contributed by atoms with Crippen LogP contribution in [-0.2, 0) is 9.59 Å². The highest BCUT2D eigenvalue weighted by Crippen LogP contribution is 2.23. The van der Waals surface area contributed by atoms with Crippen LogP contribution >= 0.6 is 0 Å². The van der Waals surface area contributed by atoms with E-state index < -0.39 is 0 Å². The van der Waals surface area contributed by atoms with Crippen molar-refractivity contribution in [2.45, 2.75) is 38.1 Å². The molecule has 2 heterocycles. The molecule has 0 saturated carbocycles. The zero-order chi connectivity index (χ0) is 16.1. The van der Waals surface area contributed by atoms with E-state index in [1.54, 1.807) is 0 Å². The molecule has 0 unspecified atom stereocenters. The van der Waals surface area contributed by atoms with E-state index in [-0.39, 0.29) is 5.91 Å². The van der Waals surface area contributed by atoms with E-state index in [1.165, 1.54) is 6.08 Å². The van der Waals surface area contributed by atoms with Crippen molar-refractivity contribution in [2.75, 3.05) is 40.3 Å². The summed E-state index contributed by atoms with van der Waals surface area (Å²) in [5.74, 6) is 0.731. The van der Waals surface area contributed by atoms with Crippen molar-refractivity contribution in [1.82, 2.24) is 14.7 Å². The van der Waals surface area contributed by atoms with E-state index in [1.807, 2.05) is 9.80 Å². The van der Waals surface area contributed by atoms with Gasteiger partial charge in [0.2, 0.25) is 11.8 Å². The Morgan fingerprint density at radius 1 is 1.05 bits per heavy atom. The number of carbonyl (C=O) groups is 2. The fourth-order valence-corrected chi connectivity index (χ4v) is 3.49. The Bertz CT molecular complexity index is 406. The summed E-state index contributed by atoms with van der Waals surface area (Å²) in [6.45, 7) is 6.81. The summed E-state index contributed by atoms with van der Waals surface area (Å²) in [4.78, 5) is 30.1. The molecule has 2 saturated heterocycles. The van der Waals surface area contributed by atoms with Crippen LogP contribution < -0.4 is 0 Å². The molecule has 5 heteroatoms. The first-order valence-corrected chi connectivity index (χ1v) is 8.36. The lowest BCUT2D eigenvalue weighted by atomic mass is 9.92. The van der Waals surface area contributed by atoms with Gasteiger partial charge in [0, 0.05) is 38.6 Å². The lowest BCUT2D eigenvalue weighted by Crippen LogP contribution is -2.45. The van der Waals surface area contributed by atoms with Gasteiger partial charge in [0.15, 0.2) is 0 Å². The van der Waals surface area contributed by atoms with Gasteiger partial charge in [-0.2, -0.15) is 0 Å². The molecule has 2 amide bonds. The SMILES string of the molecule is C=CC(=O)N1CCC(CC(=O)N2CCC(N(C)C)CC2)CC1. The first kappa shape index (κ1) is 17.0. The Balaban J connectivity index is 1.72. The smallest absolute Gasteiger partial charge is 0.245 e. The average molecular weight is 307 g/mol. The Kier molecular flexibility index (Phi) is 6.00. The summed E-state index contributed by atoms with van der Waals surface area (Å²) < 4.78 is 0. The first-order chi connectivity index (χ1) is 10.5. The van der Waals surface area contributed by atoms with Gasteiger partial charge in [-0.25, -0.2) is 0 Å². The highest BCUT2D eigenvalue weighted by atomic mass is 16.2. The van der Waals surface area contributed by atoms with Crippen molar-refractivity contribution in [3.8, 4) is 0 Å². The van der Waals surface area contributed by atoms with E-state index >= 15 is 0 Å². The summed E-state index contributed by atoms with van der Waals surface area (Å²) in [5, 5.41) is 0. The molecule has 0 bridgehead atoms. The van der Waals surface area contributed by atoms with Crippen molar-refractivity contribution >= 4 is 11.8 Å². The third-order valence-corrected chi connectivity index (χ3v) is 5.11. The fourth-order valence-electron chi connectivity index (χ4n) is 3.49. The Morgan fingerprint density at radius 2 is 1.59 bits per heavy atom. The highest BCUT2D eigenvalue weighted by Gasteiger charge is 2.27. The molecule has 0 aromatic carbocycles. The van der Waals surface area contributed by atoms with Gasteiger partial charge in [-0.05, 0) is 51.8 Å². The summed E-state index contributed by atoms with van der Waals surface area (Å²) in [7, 11) is 4.22. The van der Waals surface area contributed by atoms with Crippen LogP contribution in [0.15, 0.2) is 12.7 Å². The van der Waals surface area contributed by atoms with Crippen LogP contribution in [0.2, 0.25) is 0 Å². The van der Waals surface area contributed by atoms with Gasteiger partial charge in [0.1, 0.15) is 0 Å². The molecule has 124 valence electrons. The molecule has 5 nitrogen and oxygen atoms in total. The van der Waals surface area contributed by atoms with Crippen molar-refractivity contribution in [1.29, 1.82) is 0 Å². The lowest BCUT2D eigenvalue weighted by Gasteiger charge is -2.36. The number of hydrogen-bond acceptors (Lipinski definition) is 3. The second-order valence-corrected chi connectivity index (χ2v) is 6.75. The van der Waals surface area contributed by atoms with Crippen molar-refractivity contribution in [3.05, 3.63) is 12.7 Å². The van der Waals surface area contributed by atoms with Gasteiger partial charge >= 0.3 is 0 Å². The largest absolute Gasteiger partial charge is 0.343 e. The predicted octanol–water partition coefficient (Wildman–Crippen LogP) is 1.35. The monoisotopic (exact) mass is 307 g/mol. The third kappa shape index (κ3) is 4.32. The van der Waals surface area contributed by atoms with Crippen molar-refractivity contribution < 1.29 is 9.59 Å². The number of amides is 2. The van der Waals surface area contributed by atoms with Gasteiger partial charge in [-0.1, -0.05) is 6.58 Å². The van der Waals surface area contributed by atoms with E-state index in [0.29, 0.717) is 24.3 Å². The lowest BCUT2D eigenvalue weighted by molar-refractivity contribution is -0.134. The van der Waals surface area contributed by atoms with Crippen LogP contribution in [0.1, 0.15) is 32.1 Å². The van der Waals surface area contributed by atoms with Crippen molar-refractivity contribution in [2.24, 2.45) is 5.92 Å². The van der Waals surface area contributed by atoms with Crippen LogP contribution in [0, 0.1) is 5.92 Å². The molecular formula is C17H29N3O2. The van der Waals surface area contributed by atoms with Crippen molar-refractivity contribution in [3.63, 3.8) is 0 Å². The van der Waals surface area contributed by atoms with E-state index in [0.717, 1.165) is 51.9 Å². The molecule has 0 aromatic heterocycles. The number of likely N-dealkylation sites (tertiary alicyclic amines) is 2. The minimum atomic E-state index is 0.00975.